The van der Waals surface area contributed by atoms with Gasteiger partial charge in [0.05, 0.1) is 0 Å². The molecule has 0 N–H and O–H groups in total. The average molecular weight is 136 g/mol. The lowest BCUT2D eigenvalue weighted by Gasteiger charge is -1.89. The third-order valence-electron chi connectivity index (χ3n) is 0.556. The van der Waals surface area contributed by atoms with Gasteiger partial charge in [0.1, 0.15) is 5.83 Å². The van der Waals surface area contributed by atoms with Crippen molar-refractivity contribution in [3.8, 4) is 0 Å². The van der Waals surface area contributed by atoms with E-state index in [9.17, 15) is 8.78 Å². The van der Waals surface area contributed by atoms with Crippen LogP contribution < -0.4 is 0 Å². The summed E-state index contributed by atoms with van der Waals surface area (Å²) in [6, 6.07) is 0. The zero-order valence-corrected chi connectivity index (χ0v) is 5.30. The highest BCUT2D eigenvalue weighted by atomic mass is 32.1. The number of hydrogen-bond acceptors (Lipinski definition) is 1. The minimum absolute atomic E-state index is 0.176. The molecule has 0 atom stereocenters. The summed E-state index contributed by atoms with van der Waals surface area (Å²) in [5, 5.41) is 0. The predicted octanol–water partition coefficient (Wildman–Crippen LogP) is 2.60. The van der Waals surface area contributed by atoms with E-state index in [4.69, 9.17) is 0 Å². The molecule has 0 saturated heterocycles. The van der Waals surface area contributed by atoms with Gasteiger partial charge < -0.3 is 0 Å². The molecule has 0 aliphatic carbocycles. The topological polar surface area (TPSA) is 0 Å². The molecule has 0 aliphatic rings. The van der Waals surface area contributed by atoms with Crippen LogP contribution in [0.2, 0.25) is 0 Å². The molecule has 0 bridgehead atoms. The zero-order valence-electron chi connectivity index (χ0n) is 4.41. The maximum Gasteiger partial charge on any atom is 0.166 e. The quantitative estimate of drug-likeness (QED) is 0.415. The third-order valence-corrected chi connectivity index (χ3v) is 0.752. The van der Waals surface area contributed by atoms with E-state index in [0.717, 1.165) is 6.92 Å². The SMILES string of the molecule is C=C(S)/C(F)=C(\C)F. The summed E-state index contributed by atoms with van der Waals surface area (Å²) < 4.78 is 23.7. The standard InChI is InChI=1S/C5H6F2S/c1-3(6)5(7)4(2)8/h8H,2H2,1H3/b5-3-. The molecule has 8 heavy (non-hydrogen) atoms. The second kappa shape index (κ2) is 2.87. The van der Waals surface area contributed by atoms with Crippen molar-refractivity contribution < 1.29 is 8.78 Å². The van der Waals surface area contributed by atoms with Crippen molar-refractivity contribution in [1.29, 1.82) is 0 Å². The van der Waals surface area contributed by atoms with Crippen LogP contribution in [0.3, 0.4) is 0 Å². The lowest BCUT2D eigenvalue weighted by molar-refractivity contribution is 0.554. The van der Waals surface area contributed by atoms with E-state index in [-0.39, 0.29) is 4.91 Å². The highest BCUT2D eigenvalue weighted by Crippen LogP contribution is 2.17. The molecule has 0 rings (SSSR count). The molecule has 46 valence electrons. The Morgan fingerprint density at radius 1 is 1.50 bits per heavy atom. The maximum absolute atomic E-state index is 12.0. The van der Waals surface area contributed by atoms with Crippen LogP contribution in [0, 0.1) is 0 Å². The largest absolute Gasteiger partial charge is 0.209 e. The van der Waals surface area contributed by atoms with Crippen LogP contribution in [-0.2, 0) is 0 Å². The van der Waals surface area contributed by atoms with Gasteiger partial charge in [0.2, 0.25) is 0 Å². The van der Waals surface area contributed by atoms with Gasteiger partial charge in [-0.05, 0) is 6.92 Å². The molecule has 0 nitrogen and oxygen atoms in total. The van der Waals surface area contributed by atoms with E-state index >= 15 is 0 Å². The molecule has 3 heteroatoms. The maximum atomic E-state index is 12.0. The lowest BCUT2D eigenvalue weighted by atomic mass is 10.4. The molecule has 0 radical (unpaired) electrons. The monoisotopic (exact) mass is 136 g/mol. The Morgan fingerprint density at radius 3 is 1.88 bits per heavy atom. The summed E-state index contributed by atoms with van der Waals surface area (Å²) in [7, 11) is 0. The van der Waals surface area contributed by atoms with Crippen molar-refractivity contribution in [2.24, 2.45) is 0 Å². The molecule has 0 aromatic carbocycles. The molecule has 0 aliphatic heterocycles. The minimum atomic E-state index is -0.978. The average Bonchev–Trinajstić information content (AvgIpc) is 1.64. The van der Waals surface area contributed by atoms with E-state index < -0.39 is 11.7 Å². The first-order chi connectivity index (χ1) is 3.55. The summed E-state index contributed by atoms with van der Waals surface area (Å²) in [4.78, 5) is -0.176. The smallest absolute Gasteiger partial charge is 0.166 e. The number of rotatable bonds is 1. The van der Waals surface area contributed by atoms with Crippen molar-refractivity contribution in [1.82, 2.24) is 0 Å². The van der Waals surface area contributed by atoms with Gasteiger partial charge in [-0.1, -0.05) is 6.58 Å². The van der Waals surface area contributed by atoms with E-state index in [1.807, 2.05) is 0 Å². The molecule has 0 saturated carbocycles. The summed E-state index contributed by atoms with van der Waals surface area (Å²) in [5.41, 5.74) is 0. The zero-order chi connectivity index (χ0) is 6.73. The van der Waals surface area contributed by atoms with Crippen LogP contribution in [0.4, 0.5) is 8.78 Å². The van der Waals surface area contributed by atoms with Crippen LogP contribution in [0.15, 0.2) is 23.1 Å². The first kappa shape index (κ1) is 7.69. The highest BCUT2D eigenvalue weighted by Gasteiger charge is 1.99. The Kier molecular flexibility index (Phi) is 2.76. The van der Waals surface area contributed by atoms with Gasteiger partial charge >= 0.3 is 0 Å². The minimum Gasteiger partial charge on any atom is -0.209 e. The van der Waals surface area contributed by atoms with Gasteiger partial charge in [-0.2, -0.15) is 0 Å². The van der Waals surface area contributed by atoms with Crippen molar-refractivity contribution >= 4 is 12.6 Å². The Morgan fingerprint density at radius 2 is 1.88 bits per heavy atom. The van der Waals surface area contributed by atoms with Crippen LogP contribution in [-0.4, -0.2) is 0 Å². The summed E-state index contributed by atoms with van der Waals surface area (Å²) in [6.07, 6.45) is 0. The van der Waals surface area contributed by atoms with Crippen LogP contribution in [0.1, 0.15) is 6.92 Å². The molecule has 0 aromatic rings. The Bertz CT molecular complexity index is 133. The first-order valence-corrected chi connectivity index (χ1v) is 2.40. The van der Waals surface area contributed by atoms with Crippen molar-refractivity contribution in [2.75, 3.05) is 0 Å². The summed E-state index contributed by atoms with van der Waals surface area (Å²) in [5.74, 6) is -1.86. The second-order valence-electron chi connectivity index (χ2n) is 1.29. The van der Waals surface area contributed by atoms with Gasteiger partial charge in [0.25, 0.3) is 0 Å². The van der Waals surface area contributed by atoms with Gasteiger partial charge in [-0.25, -0.2) is 8.78 Å². The predicted molar refractivity (Wildman–Crippen MR) is 33.0 cm³/mol. The molecule has 0 fully saturated rings. The lowest BCUT2D eigenvalue weighted by Crippen LogP contribution is -1.72. The first-order valence-electron chi connectivity index (χ1n) is 1.96. The van der Waals surface area contributed by atoms with Crippen LogP contribution in [0.5, 0.6) is 0 Å². The van der Waals surface area contributed by atoms with Crippen molar-refractivity contribution in [3.63, 3.8) is 0 Å². The molecule has 0 heterocycles. The van der Waals surface area contributed by atoms with Gasteiger partial charge in [0.15, 0.2) is 5.83 Å². The van der Waals surface area contributed by atoms with Crippen LogP contribution >= 0.6 is 12.6 Å². The van der Waals surface area contributed by atoms with Gasteiger partial charge in [0, 0.05) is 4.91 Å². The Labute approximate surface area is 52.3 Å². The highest BCUT2D eigenvalue weighted by molar-refractivity contribution is 7.84. The molecule has 0 unspecified atom stereocenters. The molecular formula is C5H6F2S. The van der Waals surface area contributed by atoms with Gasteiger partial charge in [-0.3, -0.25) is 0 Å². The fourth-order valence-electron chi connectivity index (χ4n) is 0.199. The molecule has 0 aromatic heterocycles. The van der Waals surface area contributed by atoms with E-state index in [0.29, 0.717) is 0 Å². The molecular weight excluding hydrogens is 130 g/mol. The van der Waals surface area contributed by atoms with Gasteiger partial charge in [-0.15, -0.1) is 12.6 Å². The second-order valence-corrected chi connectivity index (χ2v) is 1.83. The van der Waals surface area contributed by atoms with E-state index in [2.05, 4.69) is 19.2 Å². The molecule has 0 spiro atoms. The summed E-state index contributed by atoms with van der Waals surface area (Å²) in [6.45, 7) is 4.08. The Balaban J connectivity index is 4.23. The van der Waals surface area contributed by atoms with Crippen molar-refractivity contribution in [2.45, 2.75) is 6.92 Å². The number of allylic oxidation sites excluding steroid dienone is 2. The summed E-state index contributed by atoms with van der Waals surface area (Å²) >= 11 is 3.47. The van der Waals surface area contributed by atoms with Crippen molar-refractivity contribution in [3.05, 3.63) is 23.1 Å². The number of hydrogen-bond donors (Lipinski definition) is 1. The molecule has 0 amide bonds. The Hall–Kier alpha value is -0.310. The number of halogens is 2. The van der Waals surface area contributed by atoms with Crippen LogP contribution in [0.25, 0.3) is 0 Å². The van der Waals surface area contributed by atoms with E-state index in [1.54, 1.807) is 0 Å². The van der Waals surface area contributed by atoms with E-state index in [1.165, 1.54) is 0 Å². The fourth-order valence-corrected chi connectivity index (χ4v) is 0.353. The third kappa shape index (κ3) is 2.12. The number of thiol groups is 1. The fraction of sp³-hybridized carbons (Fsp3) is 0.200. The normalized spacial score (nSPS) is 13.0.